The van der Waals surface area contributed by atoms with E-state index in [2.05, 4.69) is 27.1 Å². The zero-order chi connectivity index (χ0) is 18.4. The summed E-state index contributed by atoms with van der Waals surface area (Å²) in [4.78, 5) is 21.6. The number of nitrogens with zero attached hydrogens (tertiary/aromatic N) is 1. The fraction of sp³-hybridized carbons (Fsp3) is 0.0909. The second kappa shape index (κ2) is 6.06. The van der Waals surface area contributed by atoms with Crippen molar-refractivity contribution in [3.05, 3.63) is 99.0 Å². The van der Waals surface area contributed by atoms with Crippen LogP contribution in [0.5, 0.6) is 0 Å². The number of benzene rings is 2. The first-order valence-corrected chi connectivity index (χ1v) is 8.84. The molecular weight excluding hydrogens is 341 g/mol. The average molecular weight is 357 g/mol. The smallest absolute Gasteiger partial charge is 0.306 e. The lowest BCUT2D eigenvalue weighted by molar-refractivity contribution is 0.625. The van der Waals surface area contributed by atoms with Gasteiger partial charge in [0.05, 0.1) is 11.0 Å². The van der Waals surface area contributed by atoms with Crippen molar-refractivity contribution in [2.24, 2.45) is 0 Å². The van der Waals surface area contributed by atoms with Gasteiger partial charge in [-0.05, 0) is 71.5 Å². The number of pyridine rings is 1. The maximum Gasteiger partial charge on any atom is 0.323 e. The molecule has 2 heterocycles. The maximum absolute atomic E-state index is 13.8. The molecule has 1 aliphatic rings. The van der Waals surface area contributed by atoms with Crippen LogP contribution in [0.1, 0.15) is 27.9 Å². The lowest BCUT2D eigenvalue weighted by atomic mass is 9.93. The summed E-state index contributed by atoms with van der Waals surface area (Å²) in [5.74, 6) is -0.224. The largest absolute Gasteiger partial charge is 0.323 e. The molecule has 2 aromatic carbocycles. The Balaban J connectivity index is 1.75. The molecule has 132 valence electrons. The predicted octanol–water partition coefficient (Wildman–Crippen LogP) is 4.08. The van der Waals surface area contributed by atoms with Crippen molar-refractivity contribution in [1.29, 1.82) is 0 Å². The van der Waals surface area contributed by atoms with Crippen LogP contribution in [-0.2, 0) is 12.8 Å². The van der Waals surface area contributed by atoms with Gasteiger partial charge in [-0.25, -0.2) is 9.18 Å². The summed E-state index contributed by atoms with van der Waals surface area (Å²) in [5.41, 5.74) is 7.35. The molecule has 5 heteroatoms. The highest BCUT2D eigenvalue weighted by molar-refractivity contribution is 5.94. The monoisotopic (exact) mass is 357 g/mol. The number of rotatable bonds is 1. The topological polar surface area (TPSA) is 61.5 Å². The van der Waals surface area contributed by atoms with Crippen LogP contribution in [0.2, 0.25) is 0 Å². The van der Waals surface area contributed by atoms with Crippen molar-refractivity contribution >= 4 is 22.7 Å². The third-order valence-electron chi connectivity index (χ3n) is 5.02. The van der Waals surface area contributed by atoms with Crippen LogP contribution in [0.4, 0.5) is 4.39 Å². The molecule has 0 fully saturated rings. The molecule has 2 aromatic heterocycles. The number of imidazole rings is 1. The summed E-state index contributed by atoms with van der Waals surface area (Å²) >= 11 is 0. The summed E-state index contributed by atoms with van der Waals surface area (Å²) < 4.78 is 13.8. The quantitative estimate of drug-likeness (QED) is 0.539. The standard InChI is InChI=1S/C22H16FN3O/c23-15-5-6-16-14(12-15)4-8-19-17(2-1-9-24-19)18(16)10-13-3-7-20-21(11-13)26-22(27)25-20/h1-3,5-7,9-12H,4,8H2,(H2,25,26,27). The van der Waals surface area contributed by atoms with Crippen molar-refractivity contribution in [3.63, 3.8) is 0 Å². The minimum absolute atomic E-state index is 0.223. The summed E-state index contributed by atoms with van der Waals surface area (Å²) in [6.07, 6.45) is 5.39. The Hall–Kier alpha value is -3.47. The molecule has 0 saturated heterocycles. The highest BCUT2D eigenvalue weighted by Crippen LogP contribution is 2.34. The Morgan fingerprint density at radius 2 is 1.85 bits per heavy atom. The summed E-state index contributed by atoms with van der Waals surface area (Å²) in [5, 5.41) is 0. The zero-order valence-electron chi connectivity index (χ0n) is 14.4. The van der Waals surface area contributed by atoms with Crippen LogP contribution in [-0.4, -0.2) is 15.0 Å². The molecule has 0 unspecified atom stereocenters. The van der Waals surface area contributed by atoms with Gasteiger partial charge in [0.2, 0.25) is 0 Å². The van der Waals surface area contributed by atoms with Gasteiger partial charge >= 0.3 is 5.69 Å². The third-order valence-corrected chi connectivity index (χ3v) is 5.02. The molecule has 0 aliphatic heterocycles. The van der Waals surface area contributed by atoms with Gasteiger partial charge in [-0.1, -0.05) is 18.2 Å². The van der Waals surface area contributed by atoms with Crippen LogP contribution in [0, 0.1) is 5.82 Å². The average Bonchev–Trinajstić information content (AvgIpc) is 2.97. The minimum atomic E-state index is -0.224. The van der Waals surface area contributed by atoms with Crippen molar-refractivity contribution < 1.29 is 4.39 Å². The number of hydrogen-bond acceptors (Lipinski definition) is 2. The van der Waals surface area contributed by atoms with Gasteiger partial charge in [0.1, 0.15) is 5.82 Å². The van der Waals surface area contributed by atoms with E-state index in [1.54, 1.807) is 12.3 Å². The van der Waals surface area contributed by atoms with E-state index in [9.17, 15) is 9.18 Å². The first-order chi connectivity index (χ1) is 13.2. The van der Waals surface area contributed by atoms with Crippen LogP contribution >= 0.6 is 0 Å². The number of nitrogens with one attached hydrogen (secondary N) is 2. The van der Waals surface area contributed by atoms with Crippen LogP contribution in [0.3, 0.4) is 0 Å². The Kier molecular flexibility index (Phi) is 3.53. The van der Waals surface area contributed by atoms with Crippen molar-refractivity contribution in [2.75, 3.05) is 0 Å². The molecule has 0 amide bonds. The third kappa shape index (κ3) is 2.77. The number of aromatic nitrogens is 3. The number of halogens is 1. The van der Waals surface area contributed by atoms with E-state index in [1.807, 2.05) is 30.3 Å². The molecule has 0 saturated carbocycles. The Morgan fingerprint density at radius 3 is 2.78 bits per heavy atom. The first-order valence-electron chi connectivity index (χ1n) is 8.84. The lowest BCUT2D eigenvalue weighted by Crippen LogP contribution is -1.99. The van der Waals surface area contributed by atoms with Gasteiger partial charge in [-0.3, -0.25) is 4.98 Å². The summed E-state index contributed by atoms with van der Waals surface area (Å²) in [7, 11) is 0. The molecule has 1 aliphatic carbocycles. The van der Waals surface area contributed by atoms with E-state index in [4.69, 9.17) is 0 Å². The van der Waals surface area contributed by atoms with E-state index in [-0.39, 0.29) is 11.5 Å². The van der Waals surface area contributed by atoms with E-state index in [0.717, 1.165) is 57.4 Å². The number of aryl methyl sites for hydroxylation is 2. The van der Waals surface area contributed by atoms with E-state index in [0.29, 0.717) is 0 Å². The van der Waals surface area contributed by atoms with Crippen molar-refractivity contribution in [2.45, 2.75) is 12.8 Å². The Bertz CT molecular complexity index is 1270. The van der Waals surface area contributed by atoms with Gasteiger partial charge in [0, 0.05) is 17.5 Å². The second-order valence-electron chi connectivity index (χ2n) is 6.74. The van der Waals surface area contributed by atoms with Crippen LogP contribution in [0.15, 0.2) is 59.5 Å². The van der Waals surface area contributed by atoms with Crippen molar-refractivity contribution in [1.82, 2.24) is 15.0 Å². The van der Waals surface area contributed by atoms with Crippen LogP contribution in [0.25, 0.3) is 22.7 Å². The molecule has 0 radical (unpaired) electrons. The molecule has 0 bridgehead atoms. The molecule has 4 nitrogen and oxygen atoms in total. The molecular formula is C22H16FN3O. The number of H-pyrrole nitrogens is 2. The fourth-order valence-corrected chi connectivity index (χ4v) is 3.77. The van der Waals surface area contributed by atoms with E-state index < -0.39 is 0 Å². The summed E-state index contributed by atoms with van der Waals surface area (Å²) in [6.45, 7) is 0. The normalized spacial score (nSPS) is 14.8. The summed E-state index contributed by atoms with van der Waals surface area (Å²) in [6, 6.07) is 14.7. The number of fused-ring (bicyclic) bond motifs is 3. The Morgan fingerprint density at radius 1 is 0.963 bits per heavy atom. The van der Waals surface area contributed by atoms with E-state index >= 15 is 0 Å². The van der Waals surface area contributed by atoms with Crippen LogP contribution < -0.4 is 5.69 Å². The van der Waals surface area contributed by atoms with Crippen molar-refractivity contribution in [3.8, 4) is 0 Å². The van der Waals surface area contributed by atoms with Gasteiger partial charge in [0.25, 0.3) is 0 Å². The van der Waals surface area contributed by atoms with Gasteiger partial charge in [-0.15, -0.1) is 0 Å². The lowest BCUT2D eigenvalue weighted by Gasteiger charge is -2.12. The van der Waals surface area contributed by atoms with Gasteiger partial charge in [-0.2, -0.15) is 0 Å². The van der Waals surface area contributed by atoms with Gasteiger partial charge in [0.15, 0.2) is 0 Å². The van der Waals surface area contributed by atoms with E-state index in [1.165, 1.54) is 6.07 Å². The minimum Gasteiger partial charge on any atom is -0.306 e. The molecule has 0 atom stereocenters. The maximum atomic E-state index is 13.8. The number of hydrogen-bond donors (Lipinski definition) is 2. The molecule has 27 heavy (non-hydrogen) atoms. The second-order valence-corrected chi connectivity index (χ2v) is 6.74. The molecule has 2 N–H and O–H groups in total. The highest BCUT2D eigenvalue weighted by atomic mass is 19.1. The number of aromatic amines is 2. The molecule has 0 spiro atoms. The highest BCUT2D eigenvalue weighted by Gasteiger charge is 2.19. The predicted molar refractivity (Wildman–Crippen MR) is 104 cm³/mol. The fourth-order valence-electron chi connectivity index (χ4n) is 3.77. The van der Waals surface area contributed by atoms with Gasteiger partial charge < -0.3 is 9.97 Å². The Labute approximate surface area is 154 Å². The SMILES string of the molecule is O=c1[nH]c2ccc(C=C3c4ccc(F)cc4CCc4ncccc43)cc2[nH]1. The first kappa shape index (κ1) is 15.8. The molecule has 4 aromatic rings. The zero-order valence-corrected chi connectivity index (χ0v) is 14.4. The molecule has 5 rings (SSSR count).